The predicted molar refractivity (Wildman–Crippen MR) is 116 cm³/mol. The van der Waals surface area contributed by atoms with Gasteiger partial charge in [0.05, 0.1) is 13.2 Å². The minimum atomic E-state index is -0.585. The van der Waals surface area contributed by atoms with E-state index >= 15 is 0 Å². The van der Waals surface area contributed by atoms with Gasteiger partial charge in [0.2, 0.25) is 0 Å². The van der Waals surface area contributed by atoms with Crippen molar-refractivity contribution in [1.82, 2.24) is 5.32 Å². The van der Waals surface area contributed by atoms with Crippen LogP contribution in [0.15, 0.2) is 36.4 Å². The van der Waals surface area contributed by atoms with Crippen molar-refractivity contribution in [2.24, 2.45) is 0 Å². The summed E-state index contributed by atoms with van der Waals surface area (Å²) >= 11 is 0. The molecule has 1 heterocycles. The van der Waals surface area contributed by atoms with Crippen LogP contribution >= 0.6 is 0 Å². The average molecular weight is 410 g/mol. The van der Waals surface area contributed by atoms with Crippen LogP contribution in [0.4, 0.5) is 0 Å². The largest absolute Gasteiger partial charge is 0.497 e. The molecule has 1 aliphatic carbocycles. The molecule has 0 bridgehead atoms. The Kier molecular flexibility index (Phi) is 5.63. The van der Waals surface area contributed by atoms with Crippen LogP contribution in [0.1, 0.15) is 62.8 Å². The zero-order valence-electron chi connectivity index (χ0n) is 18.3. The van der Waals surface area contributed by atoms with E-state index in [1.54, 1.807) is 7.11 Å². The maximum atomic E-state index is 13.1. The molecule has 0 radical (unpaired) electrons. The molecule has 0 saturated heterocycles. The summed E-state index contributed by atoms with van der Waals surface area (Å²) in [5.74, 6) is 2.24. The lowest BCUT2D eigenvalue weighted by Gasteiger charge is -2.38. The molecule has 5 nitrogen and oxygen atoms in total. The molecule has 5 heteroatoms. The van der Waals surface area contributed by atoms with Gasteiger partial charge in [-0.2, -0.15) is 0 Å². The Bertz CT molecular complexity index is 937. The fourth-order valence-corrected chi connectivity index (χ4v) is 4.48. The van der Waals surface area contributed by atoms with Crippen LogP contribution < -0.4 is 19.5 Å². The van der Waals surface area contributed by atoms with Crippen molar-refractivity contribution in [3.8, 4) is 17.2 Å². The SMILES string of the molecule is COc1ccc2c(c1)[C@H](NC(=O)[C@@H](C)Oc1cccc3c1CCCC3)CC(C)(C)O2. The van der Waals surface area contributed by atoms with Gasteiger partial charge in [-0.1, -0.05) is 12.1 Å². The molecule has 1 N–H and O–H groups in total. The van der Waals surface area contributed by atoms with Gasteiger partial charge in [-0.3, -0.25) is 4.79 Å². The third-order valence-electron chi connectivity index (χ3n) is 6.02. The minimum Gasteiger partial charge on any atom is -0.497 e. The molecule has 30 heavy (non-hydrogen) atoms. The third kappa shape index (κ3) is 4.25. The van der Waals surface area contributed by atoms with Crippen LogP contribution in [-0.4, -0.2) is 24.7 Å². The highest BCUT2D eigenvalue weighted by molar-refractivity contribution is 5.81. The standard InChI is InChI=1S/C25H31NO4/c1-16(29-22-11-7-9-17-8-5-6-10-19(17)22)24(27)26-21-15-25(2,3)30-23-13-12-18(28-4)14-20(21)23/h7,9,11-14,16,21H,5-6,8,10,15H2,1-4H3,(H,26,27)/t16-,21-/m1/s1. The second-order valence-electron chi connectivity index (χ2n) is 8.89. The number of benzene rings is 2. The first-order chi connectivity index (χ1) is 14.4. The molecule has 2 aromatic carbocycles. The van der Waals surface area contributed by atoms with E-state index < -0.39 is 6.10 Å². The lowest BCUT2D eigenvalue weighted by Crippen LogP contribution is -2.44. The first-order valence-corrected chi connectivity index (χ1v) is 10.8. The number of hydrogen-bond donors (Lipinski definition) is 1. The average Bonchev–Trinajstić information content (AvgIpc) is 2.73. The molecule has 2 aliphatic rings. The van der Waals surface area contributed by atoms with E-state index in [-0.39, 0.29) is 17.6 Å². The lowest BCUT2D eigenvalue weighted by atomic mass is 9.89. The summed E-state index contributed by atoms with van der Waals surface area (Å²) in [5.41, 5.74) is 3.16. The lowest BCUT2D eigenvalue weighted by molar-refractivity contribution is -0.128. The first-order valence-electron chi connectivity index (χ1n) is 10.8. The van der Waals surface area contributed by atoms with Crippen molar-refractivity contribution in [2.75, 3.05) is 7.11 Å². The van der Waals surface area contributed by atoms with Gasteiger partial charge in [-0.15, -0.1) is 0 Å². The van der Waals surface area contributed by atoms with E-state index in [9.17, 15) is 4.79 Å². The van der Waals surface area contributed by atoms with Crippen molar-refractivity contribution in [2.45, 2.75) is 70.6 Å². The van der Waals surface area contributed by atoms with Gasteiger partial charge in [-0.25, -0.2) is 0 Å². The van der Waals surface area contributed by atoms with Gasteiger partial charge in [-0.05, 0) is 81.8 Å². The zero-order valence-corrected chi connectivity index (χ0v) is 18.3. The summed E-state index contributed by atoms with van der Waals surface area (Å²) in [5, 5.41) is 3.18. The summed E-state index contributed by atoms with van der Waals surface area (Å²) in [6, 6.07) is 11.7. The Labute approximate surface area is 178 Å². The molecular formula is C25H31NO4. The van der Waals surface area contributed by atoms with Gasteiger partial charge in [0.25, 0.3) is 5.91 Å². The van der Waals surface area contributed by atoms with Crippen LogP contribution in [0.25, 0.3) is 0 Å². The van der Waals surface area contributed by atoms with Crippen molar-refractivity contribution in [3.63, 3.8) is 0 Å². The molecule has 0 saturated carbocycles. The van der Waals surface area contributed by atoms with Crippen molar-refractivity contribution in [3.05, 3.63) is 53.1 Å². The Hall–Kier alpha value is -2.69. The van der Waals surface area contributed by atoms with Gasteiger partial charge >= 0.3 is 0 Å². The highest BCUT2D eigenvalue weighted by Gasteiger charge is 2.35. The van der Waals surface area contributed by atoms with Crippen LogP contribution in [0.5, 0.6) is 17.2 Å². The maximum absolute atomic E-state index is 13.1. The molecule has 0 fully saturated rings. The number of carbonyl (C=O) groups excluding carboxylic acids is 1. The number of hydrogen-bond acceptors (Lipinski definition) is 4. The Balaban J connectivity index is 1.51. The number of fused-ring (bicyclic) bond motifs is 2. The fraction of sp³-hybridized carbons (Fsp3) is 0.480. The second-order valence-corrected chi connectivity index (χ2v) is 8.89. The maximum Gasteiger partial charge on any atom is 0.261 e. The fourth-order valence-electron chi connectivity index (χ4n) is 4.48. The predicted octanol–water partition coefficient (Wildman–Crippen LogP) is 4.76. The monoisotopic (exact) mass is 409 g/mol. The Morgan fingerprint density at radius 3 is 2.80 bits per heavy atom. The van der Waals surface area contributed by atoms with Gasteiger partial charge in [0.1, 0.15) is 22.8 Å². The molecule has 2 atom stereocenters. The summed E-state index contributed by atoms with van der Waals surface area (Å²) in [4.78, 5) is 13.1. The first kappa shape index (κ1) is 20.6. The van der Waals surface area contributed by atoms with Crippen LogP contribution in [-0.2, 0) is 17.6 Å². The topological polar surface area (TPSA) is 56.8 Å². The summed E-state index contributed by atoms with van der Waals surface area (Å²) in [6.45, 7) is 5.89. The summed E-state index contributed by atoms with van der Waals surface area (Å²) in [7, 11) is 1.64. The highest BCUT2D eigenvalue weighted by Crippen LogP contribution is 2.41. The Morgan fingerprint density at radius 2 is 2.00 bits per heavy atom. The van der Waals surface area contributed by atoms with Gasteiger partial charge in [0, 0.05) is 12.0 Å². The molecule has 160 valence electrons. The number of amides is 1. The highest BCUT2D eigenvalue weighted by atomic mass is 16.5. The number of methoxy groups -OCH3 is 1. The smallest absolute Gasteiger partial charge is 0.261 e. The number of carbonyl (C=O) groups is 1. The van der Waals surface area contributed by atoms with E-state index in [0.717, 1.165) is 35.7 Å². The van der Waals surface area contributed by atoms with E-state index in [0.29, 0.717) is 6.42 Å². The van der Waals surface area contributed by atoms with E-state index in [1.807, 2.05) is 51.1 Å². The van der Waals surface area contributed by atoms with Crippen LogP contribution in [0.2, 0.25) is 0 Å². The molecular weight excluding hydrogens is 378 g/mol. The number of ether oxygens (including phenoxy) is 3. The van der Waals surface area contributed by atoms with Gasteiger partial charge in [0.15, 0.2) is 6.10 Å². The third-order valence-corrected chi connectivity index (χ3v) is 6.02. The molecule has 0 spiro atoms. The summed E-state index contributed by atoms with van der Waals surface area (Å²) < 4.78 is 17.6. The zero-order chi connectivity index (χ0) is 21.3. The minimum absolute atomic E-state index is 0.125. The molecule has 0 unspecified atom stereocenters. The van der Waals surface area contributed by atoms with Crippen LogP contribution in [0, 0.1) is 0 Å². The summed E-state index contributed by atoms with van der Waals surface area (Å²) in [6.07, 6.45) is 4.58. The van der Waals surface area contributed by atoms with Crippen molar-refractivity contribution >= 4 is 5.91 Å². The van der Waals surface area contributed by atoms with Gasteiger partial charge < -0.3 is 19.5 Å². The van der Waals surface area contributed by atoms with Crippen molar-refractivity contribution < 1.29 is 19.0 Å². The molecule has 1 amide bonds. The quantitative estimate of drug-likeness (QED) is 0.774. The molecule has 1 aliphatic heterocycles. The molecule has 2 aromatic rings. The molecule has 4 rings (SSSR count). The number of aryl methyl sites for hydroxylation is 1. The van der Waals surface area contributed by atoms with Crippen molar-refractivity contribution in [1.29, 1.82) is 0 Å². The number of rotatable bonds is 5. The second kappa shape index (κ2) is 8.21. The molecule has 0 aromatic heterocycles. The van der Waals surface area contributed by atoms with E-state index in [4.69, 9.17) is 14.2 Å². The van der Waals surface area contributed by atoms with E-state index in [1.165, 1.54) is 24.0 Å². The van der Waals surface area contributed by atoms with E-state index in [2.05, 4.69) is 11.4 Å². The van der Waals surface area contributed by atoms with Crippen LogP contribution in [0.3, 0.4) is 0 Å². The Morgan fingerprint density at radius 1 is 1.20 bits per heavy atom. The number of nitrogens with one attached hydrogen (secondary N) is 1. The normalized spacial score (nSPS) is 20.2.